The van der Waals surface area contributed by atoms with Crippen molar-refractivity contribution in [3.05, 3.63) is 81.5 Å². The van der Waals surface area contributed by atoms with E-state index < -0.39 is 5.91 Å². The molecule has 0 atom stereocenters. The molecule has 0 radical (unpaired) electrons. The number of benzene rings is 2. The van der Waals surface area contributed by atoms with Gasteiger partial charge in [0, 0.05) is 27.4 Å². The van der Waals surface area contributed by atoms with Gasteiger partial charge in [0.15, 0.2) is 0 Å². The van der Waals surface area contributed by atoms with Crippen LogP contribution < -0.4 is 5.32 Å². The van der Waals surface area contributed by atoms with Crippen molar-refractivity contribution in [2.75, 3.05) is 5.32 Å². The van der Waals surface area contributed by atoms with Crippen LogP contribution in [0, 0.1) is 18.3 Å². The molecule has 0 aliphatic carbocycles. The van der Waals surface area contributed by atoms with Crippen molar-refractivity contribution in [3.8, 4) is 17.4 Å². The van der Waals surface area contributed by atoms with Gasteiger partial charge in [0.2, 0.25) is 0 Å². The zero-order chi connectivity index (χ0) is 19.4. The predicted molar refractivity (Wildman–Crippen MR) is 108 cm³/mol. The molecule has 1 aromatic heterocycles. The summed E-state index contributed by atoms with van der Waals surface area (Å²) < 4.78 is 5.71. The standard InChI is InChI=1S/C21H14Cl2N2O2/c1-13-5-6-17(23)11-19(13)25-21(26)15(12-24)10-18-7-8-20(27-18)14-3-2-4-16(22)9-14/h2-11H,1H3,(H,25,26). The fourth-order valence-electron chi connectivity index (χ4n) is 2.44. The Balaban J connectivity index is 1.83. The number of carbonyl (C=O) groups is 1. The topological polar surface area (TPSA) is 66.0 Å². The van der Waals surface area contributed by atoms with Crippen LogP contribution in [0.25, 0.3) is 17.4 Å². The quantitative estimate of drug-likeness (QED) is 0.427. The van der Waals surface area contributed by atoms with E-state index in [1.807, 2.05) is 25.1 Å². The first-order valence-corrected chi connectivity index (χ1v) is 8.77. The lowest BCUT2D eigenvalue weighted by Gasteiger charge is -2.08. The van der Waals surface area contributed by atoms with Crippen molar-refractivity contribution in [1.82, 2.24) is 0 Å². The zero-order valence-corrected chi connectivity index (χ0v) is 15.8. The van der Waals surface area contributed by atoms with Gasteiger partial charge in [-0.25, -0.2) is 0 Å². The number of nitriles is 1. The third kappa shape index (κ3) is 4.59. The molecule has 0 unspecified atom stereocenters. The van der Waals surface area contributed by atoms with Gasteiger partial charge in [0.05, 0.1) is 0 Å². The van der Waals surface area contributed by atoms with Crippen molar-refractivity contribution in [3.63, 3.8) is 0 Å². The van der Waals surface area contributed by atoms with Gasteiger partial charge in [0.1, 0.15) is 23.2 Å². The molecule has 0 aliphatic heterocycles. The van der Waals surface area contributed by atoms with E-state index in [9.17, 15) is 10.1 Å². The largest absolute Gasteiger partial charge is 0.457 e. The van der Waals surface area contributed by atoms with Crippen LogP contribution in [0.4, 0.5) is 5.69 Å². The maximum atomic E-state index is 12.4. The maximum absolute atomic E-state index is 12.4. The Morgan fingerprint density at radius 3 is 2.63 bits per heavy atom. The number of furan rings is 1. The van der Waals surface area contributed by atoms with Crippen molar-refractivity contribution < 1.29 is 9.21 Å². The summed E-state index contributed by atoms with van der Waals surface area (Å²) in [7, 11) is 0. The number of aryl methyl sites for hydroxylation is 1. The van der Waals surface area contributed by atoms with Crippen molar-refractivity contribution in [2.24, 2.45) is 0 Å². The molecular weight excluding hydrogens is 383 g/mol. The van der Waals surface area contributed by atoms with Crippen LogP contribution in [0.1, 0.15) is 11.3 Å². The van der Waals surface area contributed by atoms with Gasteiger partial charge in [-0.3, -0.25) is 4.79 Å². The molecule has 0 saturated carbocycles. The zero-order valence-electron chi connectivity index (χ0n) is 14.3. The lowest BCUT2D eigenvalue weighted by atomic mass is 10.1. The second kappa shape index (κ2) is 8.13. The number of nitrogens with zero attached hydrogens (tertiary/aromatic N) is 1. The minimum Gasteiger partial charge on any atom is -0.457 e. The van der Waals surface area contributed by atoms with E-state index in [2.05, 4.69) is 5.32 Å². The molecule has 2 aromatic carbocycles. The summed E-state index contributed by atoms with van der Waals surface area (Å²) in [6.07, 6.45) is 1.39. The fraction of sp³-hybridized carbons (Fsp3) is 0.0476. The number of nitrogens with one attached hydrogen (secondary N) is 1. The number of rotatable bonds is 4. The highest BCUT2D eigenvalue weighted by molar-refractivity contribution is 6.31. The van der Waals surface area contributed by atoms with Crippen LogP contribution in [0.2, 0.25) is 10.0 Å². The van der Waals surface area contributed by atoms with Crippen molar-refractivity contribution in [1.29, 1.82) is 5.26 Å². The Labute approximate surface area is 166 Å². The highest BCUT2D eigenvalue weighted by atomic mass is 35.5. The normalized spacial score (nSPS) is 11.1. The molecule has 4 nitrogen and oxygen atoms in total. The van der Waals surface area contributed by atoms with Gasteiger partial charge in [-0.15, -0.1) is 0 Å². The van der Waals surface area contributed by atoms with Gasteiger partial charge in [-0.05, 0) is 48.9 Å². The Morgan fingerprint density at radius 1 is 1.11 bits per heavy atom. The van der Waals surface area contributed by atoms with E-state index in [0.29, 0.717) is 27.3 Å². The van der Waals surface area contributed by atoms with Gasteiger partial charge in [0.25, 0.3) is 5.91 Å². The van der Waals surface area contributed by atoms with Crippen LogP contribution >= 0.6 is 23.2 Å². The summed E-state index contributed by atoms with van der Waals surface area (Å²) in [6, 6.07) is 17.7. The Bertz CT molecular complexity index is 1080. The Morgan fingerprint density at radius 2 is 1.89 bits per heavy atom. The summed E-state index contributed by atoms with van der Waals surface area (Å²) in [5.41, 5.74) is 2.11. The monoisotopic (exact) mass is 396 g/mol. The van der Waals surface area contributed by atoms with Crippen molar-refractivity contribution in [2.45, 2.75) is 6.92 Å². The molecular formula is C21H14Cl2N2O2. The van der Waals surface area contributed by atoms with E-state index in [4.69, 9.17) is 27.6 Å². The summed E-state index contributed by atoms with van der Waals surface area (Å²) in [4.78, 5) is 12.4. The summed E-state index contributed by atoms with van der Waals surface area (Å²) in [5.74, 6) is 0.440. The molecule has 1 heterocycles. The highest BCUT2D eigenvalue weighted by Crippen LogP contribution is 2.26. The van der Waals surface area contributed by atoms with Crippen LogP contribution in [0.5, 0.6) is 0 Å². The van der Waals surface area contributed by atoms with E-state index >= 15 is 0 Å². The van der Waals surface area contributed by atoms with Crippen molar-refractivity contribution >= 4 is 40.9 Å². The molecule has 1 amide bonds. The maximum Gasteiger partial charge on any atom is 0.266 e. The molecule has 0 fully saturated rings. The lowest BCUT2D eigenvalue weighted by molar-refractivity contribution is -0.112. The van der Waals surface area contributed by atoms with E-state index in [0.717, 1.165) is 11.1 Å². The molecule has 27 heavy (non-hydrogen) atoms. The summed E-state index contributed by atoms with van der Waals surface area (Å²) in [5, 5.41) is 13.1. The van der Waals surface area contributed by atoms with E-state index in [-0.39, 0.29) is 5.57 Å². The summed E-state index contributed by atoms with van der Waals surface area (Å²) in [6.45, 7) is 1.84. The minimum atomic E-state index is -0.538. The van der Waals surface area contributed by atoms with Crippen LogP contribution in [0.15, 0.2) is 64.6 Å². The van der Waals surface area contributed by atoms with Gasteiger partial charge in [-0.1, -0.05) is 41.4 Å². The molecule has 134 valence electrons. The molecule has 0 saturated heterocycles. The average Bonchev–Trinajstić information content (AvgIpc) is 3.11. The first-order valence-electron chi connectivity index (χ1n) is 8.01. The number of hydrogen-bond donors (Lipinski definition) is 1. The number of halogens is 2. The predicted octanol–water partition coefficient (Wildman–Crippen LogP) is 6.11. The second-order valence-corrected chi connectivity index (χ2v) is 6.67. The number of amides is 1. The van der Waals surface area contributed by atoms with Crippen LogP contribution in [-0.4, -0.2) is 5.91 Å². The van der Waals surface area contributed by atoms with Gasteiger partial charge in [-0.2, -0.15) is 5.26 Å². The van der Waals surface area contributed by atoms with Gasteiger partial charge < -0.3 is 9.73 Å². The third-order valence-electron chi connectivity index (χ3n) is 3.84. The van der Waals surface area contributed by atoms with Crippen LogP contribution in [-0.2, 0) is 4.79 Å². The molecule has 0 aliphatic rings. The number of carbonyl (C=O) groups excluding carboxylic acids is 1. The molecule has 6 heteroatoms. The summed E-state index contributed by atoms with van der Waals surface area (Å²) >= 11 is 12.0. The van der Waals surface area contributed by atoms with Gasteiger partial charge >= 0.3 is 0 Å². The lowest BCUT2D eigenvalue weighted by Crippen LogP contribution is -2.14. The highest BCUT2D eigenvalue weighted by Gasteiger charge is 2.13. The second-order valence-electron chi connectivity index (χ2n) is 5.80. The molecule has 3 rings (SSSR count). The third-order valence-corrected chi connectivity index (χ3v) is 4.31. The Hall–Kier alpha value is -3.00. The number of anilines is 1. The first kappa shape index (κ1) is 18.8. The van der Waals surface area contributed by atoms with Crippen LogP contribution in [0.3, 0.4) is 0 Å². The fourth-order valence-corrected chi connectivity index (χ4v) is 2.80. The molecule has 0 spiro atoms. The molecule has 0 bridgehead atoms. The first-order chi connectivity index (χ1) is 13.0. The Kier molecular flexibility index (Phi) is 5.66. The molecule has 3 aromatic rings. The number of hydrogen-bond acceptors (Lipinski definition) is 3. The van der Waals surface area contributed by atoms with E-state index in [1.54, 1.807) is 42.5 Å². The molecule has 1 N–H and O–H groups in total. The minimum absolute atomic E-state index is 0.0821. The van der Waals surface area contributed by atoms with E-state index in [1.165, 1.54) is 6.08 Å². The average molecular weight is 397 g/mol. The smallest absolute Gasteiger partial charge is 0.266 e. The SMILES string of the molecule is Cc1ccc(Cl)cc1NC(=O)C(C#N)=Cc1ccc(-c2cccc(Cl)c2)o1.